The van der Waals surface area contributed by atoms with Crippen LogP contribution in [-0.2, 0) is 25.5 Å². The second-order valence-corrected chi connectivity index (χ2v) is 14.2. The maximum absolute atomic E-state index is 13.1. The number of phenolic OH excluding ortho intramolecular Hbond substituents is 1. The number of alkyl carbamates (subject to hydrolysis) is 1. The molecule has 214 valence electrons. The van der Waals surface area contributed by atoms with Crippen LogP contribution in [-0.4, -0.2) is 58.6 Å². The van der Waals surface area contributed by atoms with Crippen molar-refractivity contribution in [3.63, 3.8) is 0 Å². The van der Waals surface area contributed by atoms with Gasteiger partial charge in [-0.2, -0.15) is 0 Å². The van der Waals surface area contributed by atoms with Crippen LogP contribution in [0.2, 0.25) is 0 Å². The molecule has 0 aliphatic carbocycles. The second-order valence-electron chi connectivity index (χ2n) is 9.58. The Morgan fingerprint density at radius 3 is 2.02 bits per heavy atom. The number of benzene rings is 2. The lowest BCUT2D eigenvalue weighted by atomic mass is 10.0. The summed E-state index contributed by atoms with van der Waals surface area (Å²) < 4.78 is 14.4. The van der Waals surface area contributed by atoms with Crippen LogP contribution in [0.5, 0.6) is 17.2 Å². The fraction of sp³-hybridized carbons (Fsp3) is 0.308. The zero-order valence-electron chi connectivity index (χ0n) is 21.5. The van der Waals surface area contributed by atoms with Gasteiger partial charge in [-0.1, -0.05) is 0 Å². The van der Waals surface area contributed by atoms with Gasteiger partial charge in [-0.15, -0.1) is 0 Å². The molecular weight excluding hydrogens is 974 g/mol. The molecule has 1 aliphatic heterocycles. The lowest BCUT2D eigenvalue weighted by Gasteiger charge is -2.24. The summed E-state index contributed by atoms with van der Waals surface area (Å²) in [5, 5.41) is 15.4. The van der Waals surface area contributed by atoms with E-state index >= 15 is 0 Å². The number of imide groups is 1. The molecule has 2 aromatic carbocycles. The number of hydrogen-bond donors (Lipinski definition) is 3. The first-order valence-corrected chi connectivity index (χ1v) is 16.1. The zero-order valence-corrected chi connectivity index (χ0v) is 30.1. The Bertz CT molecular complexity index is 1310. The maximum Gasteiger partial charge on any atom is 0.408 e. The average Bonchev–Trinajstić information content (AvgIpc) is 3.15. The number of carbonyl (C=O) groups excluding carboxylic acids is 4. The largest absolute Gasteiger partial charge is 0.506 e. The van der Waals surface area contributed by atoms with Crippen LogP contribution in [0.3, 0.4) is 0 Å². The number of aromatic hydroxyl groups is 1. The molecular formula is C26H25I4N3O7. The van der Waals surface area contributed by atoms with Crippen molar-refractivity contribution >= 4 is 114 Å². The van der Waals surface area contributed by atoms with E-state index in [9.17, 15) is 24.3 Å². The van der Waals surface area contributed by atoms with Crippen molar-refractivity contribution in [1.29, 1.82) is 0 Å². The Kier molecular flexibility index (Phi) is 11.7. The van der Waals surface area contributed by atoms with Crippen LogP contribution < -0.4 is 15.4 Å². The van der Waals surface area contributed by atoms with Gasteiger partial charge in [-0.3, -0.25) is 19.3 Å². The normalized spacial score (nSPS) is 13.8. The number of rotatable bonds is 9. The Balaban J connectivity index is 1.76. The Morgan fingerprint density at radius 1 is 0.950 bits per heavy atom. The highest BCUT2D eigenvalue weighted by Gasteiger charge is 2.27. The van der Waals surface area contributed by atoms with Crippen LogP contribution in [0, 0.1) is 14.3 Å². The van der Waals surface area contributed by atoms with E-state index in [0.29, 0.717) is 18.6 Å². The van der Waals surface area contributed by atoms with Crippen LogP contribution in [0.4, 0.5) is 4.79 Å². The molecule has 4 amide bonds. The molecule has 40 heavy (non-hydrogen) atoms. The Morgan fingerprint density at radius 2 is 1.50 bits per heavy atom. The summed E-state index contributed by atoms with van der Waals surface area (Å²) in [6, 6.07) is 6.21. The smallest absolute Gasteiger partial charge is 0.408 e. The predicted octanol–water partition coefficient (Wildman–Crippen LogP) is 5.08. The molecule has 1 unspecified atom stereocenters. The van der Waals surface area contributed by atoms with Gasteiger partial charge in [0, 0.05) is 31.7 Å². The van der Waals surface area contributed by atoms with E-state index < -0.39 is 35.5 Å². The van der Waals surface area contributed by atoms with Gasteiger partial charge in [0.05, 0.1) is 14.3 Å². The molecule has 3 N–H and O–H groups in total. The monoisotopic (exact) mass is 999 g/mol. The first kappa shape index (κ1) is 33.1. The molecule has 0 spiro atoms. The van der Waals surface area contributed by atoms with Gasteiger partial charge in [-0.05, 0) is 141 Å². The van der Waals surface area contributed by atoms with Crippen molar-refractivity contribution in [2.45, 2.75) is 38.8 Å². The van der Waals surface area contributed by atoms with Crippen LogP contribution in [0.15, 0.2) is 36.4 Å². The van der Waals surface area contributed by atoms with Gasteiger partial charge in [0.15, 0.2) is 5.75 Å². The van der Waals surface area contributed by atoms with E-state index in [-0.39, 0.29) is 25.3 Å². The van der Waals surface area contributed by atoms with Crippen molar-refractivity contribution in [1.82, 2.24) is 15.5 Å². The molecule has 0 radical (unpaired) electrons. The molecule has 1 heterocycles. The first-order valence-electron chi connectivity index (χ1n) is 11.8. The van der Waals surface area contributed by atoms with Crippen molar-refractivity contribution in [2.24, 2.45) is 0 Å². The van der Waals surface area contributed by atoms with Gasteiger partial charge < -0.3 is 25.2 Å². The third-order valence-electron chi connectivity index (χ3n) is 5.25. The van der Waals surface area contributed by atoms with Crippen molar-refractivity contribution < 1.29 is 33.8 Å². The topological polar surface area (TPSA) is 134 Å². The average molecular weight is 999 g/mol. The van der Waals surface area contributed by atoms with E-state index in [0.717, 1.165) is 17.6 Å². The summed E-state index contributed by atoms with van der Waals surface area (Å²) >= 11 is 8.37. The maximum atomic E-state index is 13.1. The lowest BCUT2D eigenvalue weighted by molar-refractivity contribution is -0.137. The van der Waals surface area contributed by atoms with Crippen LogP contribution >= 0.6 is 90.4 Å². The molecule has 0 saturated heterocycles. The Hall–Kier alpha value is -1.42. The Labute approximate surface area is 285 Å². The highest BCUT2D eigenvalue weighted by Crippen LogP contribution is 2.37. The summed E-state index contributed by atoms with van der Waals surface area (Å²) in [4.78, 5) is 50.2. The van der Waals surface area contributed by atoms with Crippen LogP contribution in [0.1, 0.15) is 26.3 Å². The second kappa shape index (κ2) is 14.2. The third-order valence-corrected chi connectivity index (χ3v) is 8.50. The number of nitrogens with zero attached hydrogens (tertiary/aromatic N) is 1. The quantitative estimate of drug-likeness (QED) is 0.236. The van der Waals surface area contributed by atoms with E-state index in [2.05, 4.69) is 55.8 Å². The number of hydrogen-bond acceptors (Lipinski definition) is 7. The highest BCUT2D eigenvalue weighted by atomic mass is 127. The molecule has 1 atom stereocenters. The van der Waals surface area contributed by atoms with E-state index in [1.54, 1.807) is 32.9 Å². The molecule has 14 heteroatoms. The lowest BCUT2D eigenvalue weighted by Crippen LogP contribution is -2.50. The number of nitrogens with one attached hydrogen (secondary N) is 2. The van der Waals surface area contributed by atoms with Gasteiger partial charge in [-0.25, -0.2) is 4.79 Å². The predicted molar refractivity (Wildman–Crippen MR) is 181 cm³/mol. The summed E-state index contributed by atoms with van der Waals surface area (Å²) in [7, 11) is 0. The van der Waals surface area contributed by atoms with Crippen molar-refractivity contribution in [3.05, 3.63) is 56.3 Å². The number of phenols is 1. The summed E-state index contributed by atoms with van der Waals surface area (Å²) in [6.45, 7) is 5.20. The van der Waals surface area contributed by atoms with Crippen molar-refractivity contribution in [3.8, 4) is 17.2 Å². The fourth-order valence-corrected chi connectivity index (χ4v) is 7.34. The summed E-state index contributed by atoms with van der Waals surface area (Å²) in [5.41, 5.74) is 0.00340. The SMILES string of the molecule is CC(C)(C)OC(=O)NC(Cc1cc(I)c(Oc2cc(I)c(O)c(I)c2)c(I)c1)C(=O)NCCN1C(=O)C=CC1=O. The van der Waals surface area contributed by atoms with E-state index in [1.807, 2.05) is 57.3 Å². The standard InChI is InChI=1S/C26H25I4N3O7/c1-26(2,3)40-25(38)32-19(24(37)31-6-7-33-20(34)4-5-21(33)35)10-13-8-17(29)23(18(30)9-13)39-14-11-15(27)22(36)16(28)12-14/h4-5,8-9,11-12,19,36H,6-7,10H2,1-3H3,(H,31,37)(H,32,38). The zero-order chi connectivity index (χ0) is 29.8. The molecule has 0 saturated carbocycles. The minimum absolute atomic E-state index is 0.00648. The number of amides is 4. The van der Waals surface area contributed by atoms with E-state index in [4.69, 9.17) is 9.47 Å². The van der Waals surface area contributed by atoms with Gasteiger partial charge >= 0.3 is 6.09 Å². The summed E-state index contributed by atoms with van der Waals surface area (Å²) in [6.07, 6.45) is 1.76. The van der Waals surface area contributed by atoms with Gasteiger partial charge in [0.25, 0.3) is 11.8 Å². The molecule has 2 aromatic rings. The van der Waals surface area contributed by atoms with Crippen molar-refractivity contribution in [2.75, 3.05) is 13.1 Å². The fourth-order valence-electron chi connectivity index (χ4n) is 3.51. The van der Waals surface area contributed by atoms with Gasteiger partial charge in [0.1, 0.15) is 23.1 Å². The number of ether oxygens (including phenoxy) is 2. The minimum Gasteiger partial charge on any atom is -0.506 e. The molecule has 0 aromatic heterocycles. The van der Waals surface area contributed by atoms with E-state index in [1.165, 1.54) is 12.2 Å². The molecule has 10 nitrogen and oxygen atoms in total. The number of halogens is 4. The summed E-state index contributed by atoms with van der Waals surface area (Å²) in [5.74, 6) is 0.0275. The number of carbonyl (C=O) groups is 4. The molecule has 1 aliphatic rings. The molecule has 0 bridgehead atoms. The third kappa shape index (κ3) is 9.30. The highest BCUT2D eigenvalue weighted by molar-refractivity contribution is 14.1. The minimum atomic E-state index is -0.989. The van der Waals surface area contributed by atoms with Crippen LogP contribution in [0.25, 0.3) is 0 Å². The van der Waals surface area contributed by atoms with Gasteiger partial charge in [0.2, 0.25) is 5.91 Å². The molecule has 0 fully saturated rings. The first-order chi connectivity index (χ1) is 18.6. The molecule has 3 rings (SSSR count).